The second-order valence-corrected chi connectivity index (χ2v) is 6.79. The molecule has 9 nitrogen and oxygen atoms in total. The van der Waals surface area contributed by atoms with Gasteiger partial charge in [0.15, 0.2) is 11.5 Å². The largest absolute Gasteiger partial charge is 0.454 e. The molecule has 0 spiro atoms. The van der Waals surface area contributed by atoms with Gasteiger partial charge >= 0.3 is 0 Å². The Morgan fingerprint density at radius 3 is 2.57 bits per heavy atom. The molecule has 0 aromatic heterocycles. The van der Waals surface area contributed by atoms with Crippen LogP contribution in [0.4, 0.5) is 11.4 Å². The summed E-state index contributed by atoms with van der Waals surface area (Å²) in [5.41, 5.74) is 6.82. The number of nitro benzene ring substituents is 1. The van der Waals surface area contributed by atoms with Crippen LogP contribution in [-0.4, -0.2) is 53.6 Å². The Hall–Kier alpha value is -3.33. The highest BCUT2D eigenvalue weighted by Gasteiger charge is 2.24. The Labute approximate surface area is 161 Å². The maximum atomic E-state index is 12.7. The molecule has 1 saturated heterocycles. The van der Waals surface area contributed by atoms with Crippen molar-refractivity contribution in [1.82, 2.24) is 9.80 Å². The number of anilines is 1. The molecule has 2 aliphatic rings. The van der Waals surface area contributed by atoms with Crippen molar-refractivity contribution in [2.75, 3.05) is 38.7 Å². The third-order valence-corrected chi connectivity index (χ3v) is 4.98. The first-order chi connectivity index (χ1) is 13.5. The Morgan fingerprint density at radius 1 is 1.07 bits per heavy atom. The predicted molar refractivity (Wildman–Crippen MR) is 101 cm³/mol. The number of fused-ring (bicyclic) bond motifs is 1. The van der Waals surface area contributed by atoms with E-state index >= 15 is 0 Å². The molecule has 9 heteroatoms. The number of benzene rings is 2. The molecule has 0 unspecified atom stereocenters. The van der Waals surface area contributed by atoms with Gasteiger partial charge in [0.05, 0.1) is 4.92 Å². The highest BCUT2D eigenvalue weighted by Crippen LogP contribution is 2.33. The number of amides is 1. The summed E-state index contributed by atoms with van der Waals surface area (Å²) in [6.07, 6.45) is 0. The van der Waals surface area contributed by atoms with Crippen molar-refractivity contribution >= 4 is 17.3 Å². The van der Waals surface area contributed by atoms with E-state index in [2.05, 4.69) is 4.90 Å². The summed E-state index contributed by atoms with van der Waals surface area (Å²) in [5, 5.41) is 11.0. The molecule has 28 heavy (non-hydrogen) atoms. The molecule has 0 atom stereocenters. The number of nitro groups is 1. The molecule has 2 aliphatic heterocycles. The van der Waals surface area contributed by atoms with Crippen LogP contribution in [0.5, 0.6) is 11.5 Å². The number of carbonyl (C=O) groups excluding carboxylic acids is 1. The Bertz CT molecular complexity index is 925. The summed E-state index contributed by atoms with van der Waals surface area (Å²) in [4.78, 5) is 27.1. The molecule has 146 valence electrons. The minimum Gasteiger partial charge on any atom is -0.454 e. The van der Waals surface area contributed by atoms with Crippen molar-refractivity contribution in [1.29, 1.82) is 0 Å². The summed E-state index contributed by atoms with van der Waals surface area (Å²) in [7, 11) is 0. The third-order valence-electron chi connectivity index (χ3n) is 4.98. The normalized spacial score (nSPS) is 16.2. The van der Waals surface area contributed by atoms with Gasteiger partial charge in [-0.05, 0) is 29.8 Å². The van der Waals surface area contributed by atoms with Gasteiger partial charge in [-0.15, -0.1) is 0 Å². The quantitative estimate of drug-likeness (QED) is 0.486. The standard InChI is InChI=1S/C19H20N4O5/c20-15-3-2-14(10-16(15)23(25)26)19(24)22-7-5-21(6-8-22)11-13-1-4-17-18(9-13)28-12-27-17/h1-4,9-10H,5-8,11-12,20H2. The van der Waals surface area contributed by atoms with Gasteiger partial charge in [0, 0.05) is 44.4 Å². The number of carbonyl (C=O) groups is 1. The van der Waals surface area contributed by atoms with Gasteiger partial charge in [0.25, 0.3) is 11.6 Å². The first-order valence-corrected chi connectivity index (χ1v) is 8.95. The first-order valence-electron chi connectivity index (χ1n) is 8.95. The number of hydrogen-bond acceptors (Lipinski definition) is 7. The SMILES string of the molecule is Nc1ccc(C(=O)N2CCN(Cc3ccc4c(c3)OCO4)CC2)cc1[N+](=O)[O-]. The zero-order chi connectivity index (χ0) is 19.7. The van der Waals surface area contributed by atoms with Crippen molar-refractivity contribution in [3.8, 4) is 11.5 Å². The van der Waals surface area contributed by atoms with E-state index in [4.69, 9.17) is 15.2 Å². The lowest BCUT2D eigenvalue weighted by Gasteiger charge is -2.34. The fourth-order valence-corrected chi connectivity index (χ4v) is 3.42. The summed E-state index contributed by atoms with van der Waals surface area (Å²) >= 11 is 0. The Balaban J connectivity index is 1.37. The molecule has 0 bridgehead atoms. The highest BCUT2D eigenvalue weighted by molar-refractivity contribution is 5.95. The molecule has 1 fully saturated rings. The van der Waals surface area contributed by atoms with E-state index in [-0.39, 0.29) is 29.6 Å². The van der Waals surface area contributed by atoms with Crippen molar-refractivity contribution < 1.29 is 19.2 Å². The van der Waals surface area contributed by atoms with Crippen molar-refractivity contribution in [2.24, 2.45) is 0 Å². The van der Waals surface area contributed by atoms with Crippen molar-refractivity contribution in [3.63, 3.8) is 0 Å². The van der Waals surface area contributed by atoms with Crippen LogP contribution in [0.2, 0.25) is 0 Å². The van der Waals surface area contributed by atoms with Crippen LogP contribution in [0.15, 0.2) is 36.4 Å². The van der Waals surface area contributed by atoms with Crippen molar-refractivity contribution in [3.05, 3.63) is 57.6 Å². The lowest BCUT2D eigenvalue weighted by Crippen LogP contribution is -2.48. The van der Waals surface area contributed by atoms with E-state index in [0.717, 1.165) is 36.7 Å². The second-order valence-electron chi connectivity index (χ2n) is 6.79. The van der Waals surface area contributed by atoms with E-state index in [0.29, 0.717) is 13.1 Å². The van der Waals surface area contributed by atoms with Crippen LogP contribution in [-0.2, 0) is 6.54 Å². The average Bonchev–Trinajstić information content (AvgIpc) is 3.16. The van der Waals surface area contributed by atoms with Gasteiger partial charge in [0.2, 0.25) is 6.79 Å². The van der Waals surface area contributed by atoms with E-state index < -0.39 is 4.92 Å². The minimum atomic E-state index is -0.574. The fourth-order valence-electron chi connectivity index (χ4n) is 3.42. The van der Waals surface area contributed by atoms with Crippen LogP contribution in [0.25, 0.3) is 0 Å². The molecular weight excluding hydrogens is 364 g/mol. The molecular formula is C19H20N4O5. The second kappa shape index (κ2) is 7.35. The Morgan fingerprint density at radius 2 is 1.82 bits per heavy atom. The highest BCUT2D eigenvalue weighted by atomic mass is 16.7. The summed E-state index contributed by atoms with van der Waals surface area (Å²) in [5.74, 6) is 1.30. The molecule has 2 N–H and O–H groups in total. The van der Waals surface area contributed by atoms with Crippen LogP contribution in [0.3, 0.4) is 0 Å². The van der Waals surface area contributed by atoms with E-state index in [1.54, 1.807) is 4.90 Å². The summed E-state index contributed by atoms with van der Waals surface area (Å²) in [6, 6.07) is 10.1. The Kier molecular flexibility index (Phi) is 4.74. The molecule has 4 rings (SSSR count). The van der Waals surface area contributed by atoms with Gasteiger partial charge in [0.1, 0.15) is 5.69 Å². The number of ether oxygens (including phenoxy) is 2. The molecule has 0 radical (unpaired) electrons. The number of hydrogen-bond donors (Lipinski definition) is 1. The number of nitrogens with two attached hydrogens (primary N) is 1. The summed E-state index contributed by atoms with van der Waals surface area (Å²) < 4.78 is 10.7. The van der Waals surface area contributed by atoms with Crippen LogP contribution >= 0.6 is 0 Å². The van der Waals surface area contributed by atoms with Crippen LogP contribution in [0.1, 0.15) is 15.9 Å². The van der Waals surface area contributed by atoms with Gasteiger partial charge < -0.3 is 20.1 Å². The number of nitrogens with zero attached hydrogens (tertiary/aromatic N) is 3. The lowest BCUT2D eigenvalue weighted by atomic mass is 10.1. The van der Waals surface area contributed by atoms with E-state index in [1.807, 2.05) is 18.2 Å². The molecule has 0 saturated carbocycles. The van der Waals surface area contributed by atoms with Gasteiger partial charge in [-0.25, -0.2) is 0 Å². The van der Waals surface area contributed by atoms with Gasteiger partial charge in [-0.2, -0.15) is 0 Å². The van der Waals surface area contributed by atoms with Gasteiger partial charge in [-0.3, -0.25) is 19.8 Å². The smallest absolute Gasteiger partial charge is 0.292 e. The first kappa shape index (κ1) is 18.1. The number of rotatable bonds is 4. The number of nitrogen functional groups attached to an aromatic ring is 1. The number of piperazine rings is 1. The van der Waals surface area contributed by atoms with Crippen molar-refractivity contribution in [2.45, 2.75) is 6.54 Å². The summed E-state index contributed by atoms with van der Waals surface area (Å²) in [6.45, 7) is 3.56. The zero-order valence-corrected chi connectivity index (χ0v) is 15.2. The topological polar surface area (TPSA) is 111 Å². The fraction of sp³-hybridized carbons (Fsp3) is 0.316. The molecule has 0 aliphatic carbocycles. The minimum absolute atomic E-state index is 0.0510. The predicted octanol–water partition coefficient (Wildman–Crippen LogP) is 1.86. The van der Waals surface area contributed by atoms with Gasteiger partial charge in [-0.1, -0.05) is 6.07 Å². The van der Waals surface area contributed by atoms with E-state index in [9.17, 15) is 14.9 Å². The van der Waals surface area contributed by atoms with Crippen LogP contribution in [0, 0.1) is 10.1 Å². The third kappa shape index (κ3) is 3.56. The zero-order valence-electron chi connectivity index (χ0n) is 15.2. The molecule has 2 aromatic rings. The molecule has 2 heterocycles. The maximum Gasteiger partial charge on any atom is 0.292 e. The van der Waals surface area contributed by atoms with Crippen LogP contribution < -0.4 is 15.2 Å². The monoisotopic (exact) mass is 384 g/mol. The average molecular weight is 384 g/mol. The molecule has 1 amide bonds. The lowest BCUT2D eigenvalue weighted by molar-refractivity contribution is -0.383. The van der Waals surface area contributed by atoms with E-state index in [1.165, 1.54) is 18.2 Å². The molecule has 2 aromatic carbocycles. The maximum absolute atomic E-state index is 12.7.